The molecule has 13 heteroatoms. The third kappa shape index (κ3) is 6.01. The first kappa shape index (κ1) is 31.4. The molecule has 4 fully saturated rings. The van der Waals surface area contributed by atoms with Gasteiger partial charge < -0.3 is 26.8 Å². The number of likely N-dealkylation sites (tertiary alicyclic amines) is 1. The van der Waals surface area contributed by atoms with E-state index in [-0.39, 0.29) is 36.7 Å². The maximum Gasteiger partial charge on any atom is 0.287 e. The van der Waals surface area contributed by atoms with E-state index in [1.54, 1.807) is 18.5 Å². The molecule has 1 aromatic rings. The molecule has 2 heterocycles. The SMILES string of the molecule is CC(C)(O)c1cnnn1[C@H]1C[C@@H](C(=O)NC2(C(=O)C(N)=O)CCCCC2)N(C(=O)C(N)CC23CCC(CC2)C3)C1.Cl. The van der Waals surface area contributed by atoms with Gasteiger partial charge in [-0.3, -0.25) is 19.2 Å². The number of amides is 3. The van der Waals surface area contributed by atoms with Crippen molar-refractivity contribution in [3.63, 3.8) is 0 Å². The number of nitrogens with two attached hydrogens (primary N) is 2. The van der Waals surface area contributed by atoms with Gasteiger partial charge in [-0.25, -0.2) is 4.68 Å². The Morgan fingerprint density at radius 1 is 1.15 bits per heavy atom. The number of ketones is 1. The quantitative estimate of drug-likeness (QED) is 0.308. The van der Waals surface area contributed by atoms with Crippen LogP contribution in [0.4, 0.5) is 0 Å². The fourth-order valence-electron chi connectivity index (χ4n) is 7.92. The van der Waals surface area contributed by atoms with Gasteiger partial charge in [-0.2, -0.15) is 0 Å². The summed E-state index contributed by atoms with van der Waals surface area (Å²) in [5, 5.41) is 21.7. The minimum absolute atomic E-state index is 0. The van der Waals surface area contributed by atoms with Crippen LogP contribution in [0.1, 0.15) is 103 Å². The molecule has 4 aliphatic rings. The van der Waals surface area contributed by atoms with Crippen LogP contribution in [-0.4, -0.2) is 72.7 Å². The Bertz CT molecular complexity index is 1170. The molecule has 12 nitrogen and oxygen atoms in total. The van der Waals surface area contributed by atoms with E-state index in [1.807, 2.05) is 0 Å². The Hall–Kier alpha value is -2.57. The Morgan fingerprint density at radius 2 is 1.80 bits per heavy atom. The van der Waals surface area contributed by atoms with Crippen LogP contribution in [0, 0.1) is 11.3 Å². The molecule has 228 valence electrons. The molecule has 1 aliphatic heterocycles. The minimum Gasteiger partial charge on any atom is -0.384 e. The number of fused-ring (bicyclic) bond motifs is 2. The van der Waals surface area contributed by atoms with Gasteiger partial charge in [-0.15, -0.1) is 17.5 Å². The van der Waals surface area contributed by atoms with Crippen molar-refractivity contribution in [2.24, 2.45) is 22.8 Å². The number of nitrogens with one attached hydrogen (secondary N) is 1. The van der Waals surface area contributed by atoms with E-state index in [0.29, 0.717) is 37.8 Å². The normalized spacial score (nSPS) is 29.6. The van der Waals surface area contributed by atoms with Crippen LogP contribution >= 0.6 is 12.4 Å². The number of aliphatic hydroxyl groups is 1. The lowest BCUT2D eigenvalue weighted by Crippen LogP contribution is -2.62. The summed E-state index contributed by atoms with van der Waals surface area (Å²) >= 11 is 0. The van der Waals surface area contributed by atoms with Crippen molar-refractivity contribution in [1.29, 1.82) is 0 Å². The molecule has 3 amide bonds. The first-order valence-electron chi connectivity index (χ1n) is 14.7. The van der Waals surface area contributed by atoms with Gasteiger partial charge >= 0.3 is 0 Å². The summed E-state index contributed by atoms with van der Waals surface area (Å²) < 4.78 is 1.57. The number of hydrogen-bond acceptors (Lipinski definition) is 8. The Kier molecular flexibility index (Phi) is 8.88. The predicted molar refractivity (Wildman–Crippen MR) is 151 cm³/mol. The van der Waals surface area contributed by atoms with Crippen LogP contribution in [0.3, 0.4) is 0 Å². The third-order valence-electron chi connectivity index (χ3n) is 10.00. The molecule has 1 unspecified atom stereocenters. The average Bonchev–Trinajstić information content (AvgIpc) is 3.70. The highest BCUT2D eigenvalue weighted by molar-refractivity contribution is 6.39. The van der Waals surface area contributed by atoms with Crippen LogP contribution in [-0.2, 0) is 24.8 Å². The number of aromatic nitrogens is 3. The summed E-state index contributed by atoms with van der Waals surface area (Å²) in [6.45, 7) is 3.40. The third-order valence-corrected chi connectivity index (χ3v) is 10.00. The molecular formula is C28H44ClN7O5. The topological polar surface area (TPSA) is 187 Å². The second-order valence-electron chi connectivity index (χ2n) is 13.3. The van der Waals surface area contributed by atoms with Crippen LogP contribution in [0.5, 0.6) is 0 Å². The van der Waals surface area contributed by atoms with Crippen molar-refractivity contribution >= 4 is 35.9 Å². The monoisotopic (exact) mass is 593 g/mol. The van der Waals surface area contributed by atoms with Gasteiger partial charge in [0.25, 0.3) is 5.91 Å². The van der Waals surface area contributed by atoms with E-state index in [9.17, 15) is 24.3 Å². The number of Topliss-reactive ketones (excluding diaryl/α,β-unsaturated/α-hetero) is 1. The van der Waals surface area contributed by atoms with Gasteiger partial charge in [-0.05, 0) is 76.5 Å². The van der Waals surface area contributed by atoms with Crippen molar-refractivity contribution in [2.45, 2.75) is 120 Å². The van der Waals surface area contributed by atoms with Gasteiger partial charge in [0.2, 0.25) is 17.6 Å². The summed E-state index contributed by atoms with van der Waals surface area (Å²) in [5.74, 6) is -1.98. The molecular weight excluding hydrogens is 550 g/mol. The highest BCUT2D eigenvalue weighted by Crippen LogP contribution is 2.56. The number of primary amides is 1. The number of hydrogen-bond donors (Lipinski definition) is 4. The van der Waals surface area contributed by atoms with Crippen molar-refractivity contribution in [3.8, 4) is 0 Å². The number of nitrogens with zero attached hydrogens (tertiary/aromatic N) is 4. The van der Waals surface area contributed by atoms with Crippen LogP contribution in [0.2, 0.25) is 0 Å². The zero-order valence-electron chi connectivity index (χ0n) is 24.0. The first-order valence-corrected chi connectivity index (χ1v) is 14.7. The lowest BCUT2D eigenvalue weighted by molar-refractivity contribution is -0.145. The fraction of sp³-hybridized carbons (Fsp3) is 0.786. The van der Waals surface area contributed by atoms with E-state index in [1.165, 1.54) is 23.9 Å². The average molecular weight is 594 g/mol. The van der Waals surface area contributed by atoms with Gasteiger partial charge in [-0.1, -0.05) is 24.5 Å². The van der Waals surface area contributed by atoms with Crippen molar-refractivity contribution in [3.05, 3.63) is 11.9 Å². The number of halogens is 1. The van der Waals surface area contributed by atoms with Gasteiger partial charge in [0.1, 0.15) is 17.2 Å². The first-order chi connectivity index (χ1) is 18.8. The molecule has 3 atom stereocenters. The number of carbonyl (C=O) groups excluding carboxylic acids is 4. The maximum absolute atomic E-state index is 13.9. The maximum atomic E-state index is 13.9. The molecule has 41 heavy (non-hydrogen) atoms. The second-order valence-corrected chi connectivity index (χ2v) is 13.3. The van der Waals surface area contributed by atoms with E-state index >= 15 is 0 Å². The smallest absolute Gasteiger partial charge is 0.287 e. The fourth-order valence-corrected chi connectivity index (χ4v) is 7.92. The lowest BCUT2D eigenvalue weighted by Gasteiger charge is -2.37. The molecule has 2 bridgehead atoms. The molecule has 0 aromatic carbocycles. The lowest BCUT2D eigenvalue weighted by atomic mass is 9.78. The highest BCUT2D eigenvalue weighted by atomic mass is 35.5. The van der Waals surface area contributed by atoms with Crippen molar-refractivity contribution in [2.75, 3.05) is 6.54 Å². The summed E-state index contributed by atoms with van der Waals surface area (Å²) in [6.07, 6.45) is 10.8. The number of rotatable bonds is 9. The summed E-state index contributed by atoms with van der Waals surface area (Å²) in [6, 6.07) is -2.13. The zero-order chi connectivity index (χ0) is 28.9. The molecule has 1 saturated heterocycles. The zero-order valence-corrected chi connectivity index (χ0v) is 24.8. The highest BCUT2D eigenvalue weighted by Gasteiger charge is 2.50. The van der Waals surface area contributed by atoms with E-state index in [4.69, 9.17) is 11.5 Å². The second kappa shape index (κ2) is 11.6. The minimum atomic E-state index is -1.37. The van der Waals surface area contributed by atoms with Gasteiger partial charge in [0, 0.05) is 13.0 Å². The summed E-state index contributed by atoms with van der Waals surface area (Å²) in [4.78, 5) is 54.2. The Balaban J connectivity index is 0.00000387. The molecule has 5 rings (SSSR count). The van der Waals surface area contributed by atoms with Gasteiger partial charge in [0.15, 0.2) is 0 Å². The van der Waals surface area contributed by atoms with E-state index in [0.717, 1.165) is 31.6 Å². The molecule has 6 N–H and O–H groups in total. The number of carbonyl (C=O) groups is 4. The van der Waals surface area contributed by atoms with Crippen LogP contribution < -0.4 is 16.8 Å². The molecule has 3 aliphatic carbocycles. The molecule has 0 radical (unpaired) electrons. The van der Waals surface area contributed by atoms with Gasteiger partial charge in [0.05, 0.1) is 24.0 Å². The predicted octanol–water partition coefficient (Wildman–Crippen LogP) is 1.24. The summed E-state index contributed by atoms with van der Waals surface area (Å²) in [7, 11) is 0. The van der Waals surface area contributed by atoms with E-state index < -0.39 is 46.9 Å². The van der Waals surface area contributed by atoms with Crippen LogP contribution in [0.15, 0.2) is 6.20 Å². The molecule has 1 aromatic heterocycles. The molecule has 0 spiro atoms. The Morgan fingerprint density at radius 3 is 2.37 bits per heavy atom. The van der Waals surface area contributed by atoms with Crippen molar-refractivity contribution in [1.82, 2.24) is 25.2 Å². The van der Waals surface area contributed by atoms with E-state index in [2.05, 4.69) is 15.6 Å². The molecule has 3 saturated carbocycles. The Labute approximate surface area is 246 Å². The standard InChI is InChI=1S/C28H43N7O5.ClH/c1-26(2,40)21-15-31-33-35(21)18-12-20(24(38)32-28(22(36)23(30)37)8-4-3-5-9-28)34(16-18)25(39)19(29)14-27-10-6-17(13-27)7-11-27;/h15,17-20,40H,3-14,16,29H2,1-2H3,(H2,30,37)(H,32,38);1H/t17?,18-,19?,20-,27?;/m0./s1. The summed E-state index contributed by atoms with van der Waals surface area (Å²) in [5.41, 5.74) is 9.90. The van der Waals surface area contributed by atoms with Crippen molar-refractivity contribution < 1.29 is 24.3 Å². The van der Waals surface area contributed by atoms with Crippen LogP contribution in [0.25, 0.3) is 0 Å². The largest absolute Gasteiger partial charge is 0.384 e.